The average molecular weight is 256 g/mol. The van der Waals surface area contributed by atoms with Gasteiger partial charge < -0.3 is 9.88 Å². The molecular weight excluding hydrogens is 240 g/mol. The van der Waals surface area contributed by atoms with Crippen LogP contribution in [0.3, 0.4) is 0 Å². The van der Waals surface area contributed by atoms with Crippen LogP contribution in [0.5, 0.6) is 0 Å². The van der Waals surface area contributed by atoms with Crippen molar-refractivity contribution in [3.05, 3.63) is 53.9 Å². The Bertz CT molecular complexity index is 614. The van der Waals surface area contributed by atoms with E-state index in [2.05, 4.69) is 5.32 Å². The molecule has 4 nitrogen and oxygen atoms in total. The fourth-order valence-corrected chi connectivity index (χ4v) is 1.87. The number of aromatic nitrogens is 1. The Hall–Kier alpha value is -2.36. The van der Waals surface area contributed by atoms with Crippen LogP contribution < -0.4 is 5.32 Å². The van der Waals surface area contributed by atoms with Crippen LogP contribution in [0.1, 0.15) is 23.0 Å². The van der Waals surface area contributed by atoms with E-state index in [1.165, 1.54) is 0 Å². The summed E-state index contributed by atoms with van der Waals surface area (Å²) in [5.74, 6) is -1.15. The number of carbonyl (C=O) groups excluding carboxylic acids is 2. The molecule has 0 saturated carbocycles. The molecule has 2 rings (SSSR count). The molecule has 0 radical (unpaired) electrons. The van der Waals surface area contributed by atoms with Crippen molar-refractivity contribution in [1.29, 1.82) is 0 Å². The van der Waals surface area contributed by atoms with E-state index in [4.69, 9.17) is 0 Å². The van der Waals surface area contributed by atoms with E-state index in [1.807, 2.05) is 25.1 Å². The zero-order chi connectivity index (χ0) is 13.8. The predicted molar refractivity (Wildman–Crippen MR) is 74.2 cm³/mol. The standard InChI is InChI=1S/C15H16N2O2/c1-3-11-6-4-7-12(10-11)16-15(19)14(18)13-8-5-9-17(13)2/h4-10H,3H2,1-2H3,(H,16,19). The van der Waals surface area contributed by atoms with Crippen LogP contribution in [0.25, 0.3) is 0 Å². The highest BCUT2D eigenvalue weighted by Crippen LogP contribution is 2.12. The second-order valence-electron chi connectivity index (χ2n) is 4.34. The van der Waals surface area contributed by atoms with Crippen molar-refractivity contribution < 1.29 is 9.59 Å². The van der Waals surface area contributed by atoms with E-state index in [0.717, 1.165) is 12.0 Å². The first-order chi connectivity index (χ1) is 9.11. The number of carbonyl (C=O) groups is 2. The van der Waals surface area contributed by atoms with Gasteiger partial charge in [-0.15, -0.1) is 0 Å². The minimum atomic E-state index is -0.616. The van der Waals surface area contributed by atoms with Gasteiger partial charge in [-0.1, -0.05) is 19.1 Å². The number of Topliss-reactive ketones (excluding diaryl/α,β-unsaturated/α-hetero) is 1. The minimum absolute atomic E-state index is 0.379. The number of hydrogen-bond donors (Lipinski definition) is 1. The number of rotatable bonds is 4. The third-order valence-corrected chi connectivity index (χ3v) is 2.98. The highest BCUT2D eigenvalue weighted by molar-refractivity contribution is 6.46. The maximum Gasteiger partial charge on any atom is 0.298 e. The fraction of sp³-hybridized carbons (Fsp3) is 0.200. The van der Waals surface area contributed by atoms with Crippen molar-refractivity contribution in [1.82, 2.24) is 4.57 Å². The van der Waals surface area contributed by atoms with Crippen LogP contribution in [0.15, 0.2) is 42.6 Å². The van der Waals surface area contributed by atoms with Gasteiger partial charge in [-0.2, -0.15) is 0 Å². The van der Waals surface area contributed by atoms with E-state index >= 15 is 0 Å². The number of benzene rings is 1. The number of hydrogen-bond acceptors (Lipinski definition) is 2. The van der Waals surface area contributed by atoms with Crippen molar-refractivity contribution in [2.45, 2.75) is 13.3 Å². The molecule has 0 saturated heterocycles. The average Bonchev–Trinajstić information content (AvgIpc) is 2.84. The Morgan fingerprint density at radius 1 is 1.21 bits per heavy atom. The van der Waals surface area contributed by atoms with Crippen LogP contribution in [0.4, 0.5) is 5.69 Å². The first-order valence-corrected chi connectivity index (χ1v) is 6.17. The van der Waals surface area contributed by atoms with Gasteiger partial charge in [0.1, 0.15) is 0 Å². The van der Waals surface area contributed by atoms with E-state index in [9.17, 15) is 9.59 Å². The van der Waals surface area contributed by atoms with E-state index in [0.29, 0.717) is 11.4 Å². The molecule has 0 aliphatic carbocycles. The van der Waals surface area contributed by atoms with Crippen LogP contribution in [0, 0.1) is 0 Å². The Morgan fingerprint density at radius 2 is 2.00 bits per heavy atom. The second kappa shape index (κ2) is 5.52. The van der Waals surface area contributed by atoms with Crippen molar-refractivity contribution in [2.24, 2.45) is 7.05 Å². The summed E-state index contributed by atoms with van der Waals surface area (Å²) in [6, 6.07) is 10.9. The normalized spacial score (nSPS) is 10.2. The molecule has 1 amide bonds. The Morgan fingerprint density at radius 3 is 2.63 bits per heavy atom. The largest absolute Gasteiger partial charge is 0.348 e. The molecular formula is C15H16N2O2. The first kappa shape index (κ1) is 13.1. The van der Waals surface area contributed by atoms with Gasteiger partial charge >= 0.3 is 0 Å². The number of ketones is 1. The van der Waals surface area contributed by atoms with Crippen LogP contribution in [-0.2, 0) is 18.3 Å². The summed E-state index contributed by atoms with van der Waals surface area (Å²) in [7, 11) is 1.73. The number of nitrogens with zero attached hydrogens (tertiary/aromatic N) is 1. The second-order valence-corrected chi connectivity index (χ2v) is 4.34. The molecule has 0 fully saturated rings. The molecule has 1 N–H and O–H groups in total. The van der Waals surface area contributed by atoms with Crippen LogP contribution in [-0.4, -0.2) is 16.3 Å². The summed E-state index contributed by atoms with van der Waals surface area (Å²) in [5.41, 5.74) is 2.14. The smallest absolute Gasteiger partial charge is 0.298 e. The number of aryl methyl sites for hydroxylation is 2. The lowest BCUT2D eigenvalue weighted by molar-refractivity contribution is -0.112. The maximum atomic E-state index is 12.0. The van der Waals surface area contributed by atoms with Gasteiger partial charge in [0.05, 0.1) is 5.69 Å². The van der Waals surface area contributed by atoms with E-state index in [1.54, 1.807) is 36.0 Å². The van der Waals surface area contributed by atoms with Gasteiger partial charge in [-0.25, -0.2) is 0 Å². The van der Waals surface area contributed by atoms with E-state index < -0.39 is 11.7 Å². The molecule has 2 aromatic rings. The zero-order valence-electron chi connectivity index (χ0n) is 11.0. The lowest BCUT2D eigenvalue weighted by Crippen LogP contribution is -2.24. The summed E-state index contributed by atoms with van der Waals surface area (Å²) in [6.45, 7) is 2.04. The van der Waals surface area contributed by atoms with Crippen molar-refractivity contribution >= 4 is 17.4 Å². The van der Waals surface area contributed by atoms with E-state index in [-0.39, 0.29) is 0 Å². The molecule has 98 valence electrons. The topological polar surface area (TPSA) is 51.1 Å². The molecule has 1 aromatic carbocycles. The highest BCUT2D eigenvalue weighted by atomic mass is 16.2. The molecule has 0 aliphatic rings. The Balaban J connectivity index is 2.13. The Labute approximate surface area is 112 Å². The summed E-state index contributed by atoms with van der Waals surface area (Å²) >= 11 is 0. The maximum absolute atomic E-state index is 12.0. The third-order valence-electron chi connectivity index (χ3n) is 2.98. The van der Waals surface area contributed by atoms with Gasteiger partial charge in [0, 0.05) is 18.9 Å². The van der Waals surface area contributed by atoms with Gasteiger partial charge in [-0.3, -0.25) is 9.59 Å². The number of nitrogens with one attached hydrogen (secondary N) is 1. The zero-order valence-corrected chi connectivity index (χ0v) is 11.0. The fourth-order valence-electron chi connectivity index (χ4n) is 1.87. The van der Waals surface area contributed by atoms with Gasteiger partial charge in [0.2, 0.25) is 0 Å². The molecule has 0 atom stereocenters. The van der Waals surface area contributed by atoms with Crippen molar-refractivity contribution in [2.75, 3.05) is 5.32 Å². The molecule has 0 bridgehead atoms. The predicted octanol–water partition coefficient (Wildman–Crippen LogP) is 2.41. The van der Waals surface area contributed by atoms with Gasteiger partial charge in [0.25, 0.3) is 11.7 Å². The molecule has 19 heavy (non-hydrogen) atoms. The van der Waals surface area contributed by atoms with Gasteiger partial charge in [0.15, 0.2) is 0 Å². The summed E-state index contributed by atoms with van der Waals surface area (Å²) in [4.78, 5) is 23.8. The number of anilines is 1. The molecule has 0 aliphatic heterocycles. The molecule has 4 heteroatoms. The summed E-state index contributed by atoms with van der Waals surface area (Å²) < 4.78 is 1.63. The highest BCUT2D eigenvalue weighted by Gasteiger charge is 2.18. The lowest BCUT2D eigenvalue weighted by atomic mass is 10.1. The minimum Gasteiger partial charge on any atom is -0.348 e. The van der Waals surface area contributed by atoms with Gasteiger partial charge in [-0.05, 0) is 36.2 Å². The van der Waals surface area contributed by atoms with Crippen LogP contribution in [0.2, 0.25) is 0 Å². The number of amides is 1. The third kappa shape index (κ3) is 2.91. The quantitative estimate of drug-likeness (QED) is 0.674. The summed E-state index contributed by atoms with van der Waals surface area (Å²) in [6.07, 6.45) is 2.62. The Kier molecular flexibility index (Phi) is 3.80. The monoisotopic (exact) mass is 256 g/mol. The first-order valence-electron chi connectivity index (χ1n) is 6.17. The molecule has 0 unspecified atom stereocenters. The SMILES string of the molecule is CCc1cccc(NC(=O)C(=O)c2cccn2C)c1. The summed E-state index contributed by atoms with van der Waals surface area (Å²) in [5, 5.41) is 2.63. The molecule has 0 spiro atoms. The lowest BCUT2D eigenvalue weighted by Gasteiger charge is -2.06. The molecule has 1 heterocycles. The molecule has 1 aromatic heterocycles. The van der Waals surface area contributed by atoms with Crippen LogP contribution >= 0.6 is 0 Å². The van der Waals surface area contributed by atoms with Crippen molar-refractivity contribution in [3.63, 3.8) is 0 Å². The van der Waals surface area contributed by atoms with Crippen molar-refractivity contribution in [3.8, 4) is 0 Å².